The number of carbonyl (C=O) groups excluding carboxylic acids is 3. The second kappa shape index (κ2) is 9.25. The second-order valence-electron chi connectivity index (χ2n) is 7.59. The second-order valence-corrected chi connectivity index (χ2v) is 7.59. The molecule has 0 fully saturated rings. The molecule has 0 atom stereocenters. The number of nitrogens with zero attached hydrogens (tertiary/aromatic N) is 3. The van der Waals surface area contributed by atoms with Crippen LogP contribution in [0.4, 0.5) is 0 Å². The van der Waals surface area contributed by atoms with E-state index >= 15 is 0 Å². The topological polar surface area (TPSA) is 106 Å². The van der Waals surface area contributed by atoms with E-state index in [2.05, 4.69) is 5.16 Å². The molecule has 0 bridgehead atoms. The Bertz CT molecular complexity index is 1180. The Balaban J connectivity index is 1.68. The van der Waals surface area contributed by atoms with Crippen LogP contribution in [0.15, 0.2) is 22.7 Å². The third-order valence-electron chi connectivity index (χ3n) is 5.30. The number of hydrogen-bond acceptors (Lipinski definition) is 7. The number of aryl methyl sites for hydroxylation is 3. The molecular formula is C23H27N3O6. The summed E-state index contributed by atoms with van der Waals surface area (Å²) in [5.74, 6) is -0.0730. The quantitative estimate of drug-likeness (QED) is 0.390. The summed E-state index contributed by atoms with van der Waals surface area (Å²) in [6.45, 7) is 10.5. The molecule has 0 aromatic carbocycles. The third-order valence-corrected chi connectivity index (χ3v) is 5.30. The van der Waals surface area contributed by atoms with Crippen LogP contribution in [-0.4, -0.2) is 45.2 Å². The molecule has 0 saturated heterocycles. The Kier molecular flexibility index (Phi) is 6.67. The van der Waals surface area contributed by atoms with Crippen molar-refractivity contribution in [2.24, 2.45) is 0 Å². The average Bonchev–Trinajstić information content (AvgIpc) is 3.37. The fourth-order valence-electron chi connectivity index (χ4n) is 3.71. The Morgan fingerprint density at radius 3 is 2.25 bits per heavy atom. The maximum atomic E-state index is 12.7. The Hall–Kier alpha value is -3.62. The van der Waals surface area contributed by atoms with E-state index in [1.54, 1.807) is 57.4 Å². The SMILES string of the molecule is CCOC(=O)c1cc(C)n(CC(=O)OCC(=O)c2cc(C)n(-c3cc(C)on3)c2C)c1C. The van der Waals surface area contributed by atoms with Gasteiger partial charge in [0, 0.05) is 34.4 Å². The van der Waals surface area contributed by atoms with Crippen LogP contribution >= 0.6 is 0 Å². The summed E-state index contributed by atoms with van der Waals surface area (Å²) in [6.07, 6.45) is 0. The van der Waals surface area contributed by atoms with Gasteiger partial charge in [0.25, 0.3) is 0 Å². The summed E-state index contributed by atoms with van der Waals surface area (Å²) >= 11 is 0. The van der Waals surface area contributed by atoms with E-state index in [0.29, 0.717) is 34.1 Å². The minimum Gasteiger partial charge on any atom is -0.462 e. The highest BCUT2D eigenvalue weighted by atomic mass is 16.5. The molecule has 9 nitrogen and oxygen atoms in total. The summed E-state index contributed by atoms with van der Waals surface area (Å²) in [4.78, 5) is 37.2. The molecule has 0 aliphatic rings. The normalized spacial score (nSPS) is 10.9. The van der Waals surface area contributed by atoms with Gasteiger partial charge >= 0.3 is 11.9 Å². The van der Waals surface area contributed by atoms with Crippen LogP contribution in [0.3, 0.4) is 0 Å². The fraction of sp³-hybridized carbons (Fsp3) is 0.391. The van der Waals surface area contributed by atoms with Crippen molar-refractivity contribution in [2.45, 2.75) is 48.1 Å². The highest BCUT2D eigenvalue weighted by Gasteiger charge is 2.21. The summed E-state index contributed by atoms with van der Waals surface area (Å²) in [5, 5.41) is 4.00. The highest BCUT2D eigenvalue weighted by Crippen LogP contribution is 2.21. The zero-order chi connectivity index (χ0) is 23.6. The van der Waals surface area contributed by atoms with Gasteiger partial charge in [0.15, 0.2) is 12.4 Å². The molecular weight excluding hydrogens is 414 g/mol. The number of ether oxygens (including phenoxy) is 2. The molecule has 32 heavy (non-hydrogen) atoms. The first-order chi connectivity index (χ1) is 15.1. The van der Waals surface area contributed by atoms with E-state index in [1.807, 2.05) is 11.5 Å². The van der Waals surface area contributed by atoms with Crippen LogP contribution in [0, 0.1) is 34.6 Å². The number of ketones is 1. The molecule has 170 valence electrons. The van der Waals surface area contributed by atoms with Gasteiger partial charge in [-0.25, -0.2) is 4.79 Å². The summed E-state index contributed by atoms with van der Waals surface area (Å²) < 4.78 is 18.9. The van der Waals surface area contributed by atoms with E-state index in [4.69, 9.17) is 14.0 Å². The molecule has 0 saturated carbocycles. The maximum Gasteiger partial charge on any atom is 0.339 e. The van der Waals surface area contributed by atoms with Crippen molar-refractivity contribution in [3.8, 4) is 5.82 Å². The van der Waals surface area contributed by atoms with Gasteiger partial charge in [0.05, 0.1) is 12.2 Å². The van der Waals surface area contributed by atoms with Gasteiger partial charge in [0.1, 0.15) is 12.3 Å². The van der Waals surface area contributed by atoms with E-state index in [0.717, 1.165) is 11.4 Å². The van der Waals surface area contributed by atoms with Crippen molar-refractivity contribution in [1.82, 2.24) is 14.3 Å². The van der Waals surface area contributed by atoms with Gasteiger partial charge in [-0.3, -0.25) is 14.2 Å². The van der Waals surface area contributed by atoms with Crippen molar-refractivity contribution in [3.05, 3.63) is 57.9 Å². The van der Waals surface area contributed by atoms with E-state index < -0.39 is 11.9 Å². The van der Waals surface area contributed by atoms with Crippen molar-refractivity contribution < 1.29 is 28.4 Å². The summed E-state index contributed by atoms with van der Waals surface area (Å²) in [5.41, 5.74) is 3.69. The molecule has 0 radical (unpaired) electrons. The zero-order valence-electron chi connectivity index (χ0n) is 19.1. The van der Waals surface area contributed by atoms with E-state index in [1.165, 1.54) is 0 Å². The fourth-order valence-corrected chi connectivity index (χ4v) is 3.71. The van der Waals surface area contributed by atoms with Gasteiger partial charge in [-0.1, -0.05) is 5.16 Å². The minimum atomic E-state index is -0.573. The molecule has 3 aromatic rings. The highest BCUT2D eigenvalue weighted by molar-refractivity contribution is 5.99. The molecule has 9 heteroatoms. The maximum absolute atomic E-state index is 12.7. The van der Waals surface area contributed by atoms with Gasteiger partial charge in [-0.15, -0.1) is 0 Å². The minimum absolute atomic E-state index is 0.110. The number of hydrogen-bond donors (Lipinski definition) is 0. The van der Waals surface area contributed by atoms with Crippen LogP contribution < -0.4 is 0 Å². The lowest BCUT2D eigenvalue weighted by Gasteiger charge is -2.10. The lowest BCUT2D eigenvalue weighted by Crippen LogP contribution is -2.20. The average molecular weight is 441 g/mol. The number of rotatable bonds is 8. The molecule has 3 rings (SSSR count). The van der Waals surface area contributed by atoms with Gasteiger partial charge < -0.3 is 18.6 Å². The van der Waals surface area contributed by atoms with E-state index in [-0.39, 0.29) is 25.5 Å². The van der Waals surface area contributed by atoms with E-state index in [9.17, 15) is 14.4 Å². The molecule has 0 spiro atoms. The number of Topliss-reactive ketones (excluding diaryl/α,β-unsaturated/α-hetero) is 1. The number of carbonyl (C=O) groups is 3. The van der Waals surface area contributed by atoms with Gasteiger partial charge in [0.2, 0.25) is 5.78 Å². The molecule has 0 aliphatic carbocycles. The largest absolute Gasteiger partial charge is 0.462 e. The summed E-state index contributed by atoms with van der Waals surface area (Å²) in [7, 11) is 0. The predicted molar refractivity (Wildman–Crippen MR) is 115 cm³/mol. The first-order valence-electron chi connectivity index (χ1n) is 10.3. The predicted octanol–water partition coefficient (Wildman–Crippen LogP) is 3.41. The van der Waals surface area contributed by atoms with Crippen LogP contribution in [0.1, 0.15) is 56.2 Å². The molecule has 3 aromatic heterocycles. The molecule has 3 heterocycles. The lowest BCUT2D eigenvalue weighted by molar-refractivity contribution is -0.143. The first kappa shape index (κ1) is 23.1. The standard InChI is InChI=1S/C23H27N3O6/c1-7-30-23(29)19-8-13(2)25(16(19)5)11-22(28)31-12-20(27)18-9-14(3)26(17(18)6)21-10-15(4)32-24-21/h8-10H,7,11-12H2,1-6H3. The Labute approximate surface area is 185 Å². The number of aromatic nitrogens is 3. The summed E-state index contributed by atoms with van der Waals surface area (Å²) in [6, 6.07) is 5.19. The van der Waals surface area contributed by atoms with Crippen molar-refractivity contribution in [2.75, 3.05) is 13.2 Å². The monoisotopic (exact) mass is 441 g/mol. The molecule has 0 unspecified atom stereocenters. The Morgan fingerprint density at radius 2 is 1.62 bits per heavy atom. The third kappa shape index (κ3) is 4.51. The van der Waals surface area contributed by atoms with Crippen molar-refractivity contribution in [3.63, 3.8) is 0 Å². The van der Waals surface area contributed by atoms with Crippen molar-refractivity contribution in [1.29, 1.82) is 0 Å². The van der Waals surface area contributed by atoms with Gasteiger partial charge in [-0.05, 0) is 53.7 Å². The van der Waals surface area contributed by atoms with Crippen LogP contribution in [0.2, 0.25) is 0 Å². The zero-order valence-corrected chi connectivity index (χ0v) is 19.1. The van der Waals surface area contributed by atoms with Gasteiger partial charge in [-0.2, -0.15) is 0 Å². The van der Waals surface area contributed by atoms with Crippen LogP contribution in [0.25, 0.3) is 5.82 Å². The molecule has 0 aliphatic heterocycles. The smallest absolute Gasteiger partial charge is 0.339 e. The lowest BCUT2D eigenvalue weighted by atomic mass is 10.1. The van der Waals surface area contributed by atoms with Crippen molar-refractivity contribution >= 4 is 17.7 Å². The van der Waals surface area contributed by atoms with Crippen LogP contribution in [-0.2, 0) is 20.8 Å². The first-order valence-corrected chi connectivity index (χ1v) is 10.3. The molecule has 0 N–H and O–H groups in total. The number of esters is 2. The Morgan fingerprint density at radius 1 is 0.938 bits per heavy atom. The van der Waals surface area contributed by atoms with Crippen LogP contribution in [0.5, 0.6) is 0 Å². The molecule has 0 amide bonds.